The molecule has 1 saturated heterocycles. The predicted molar refractivity (Wildman–Crippen MR) is 149 cm³/mol. The van der Waals surface area contributed by atoms with Crippen LogP contribution in [-0.2, 0) is 9.59 Å². The van der Waals surface area contributed by atoms with Crippen molar-refractivity contribution >= 4 is 29.7 Å². The minimum Gasteiger partial charge on any atom is -0.368 e. The molecule has 1 aliphatic carbocycles. The van der Waals surface area contributed by atoms with E-state index >= 15 is 0 Å². The molecule has 4 rings (SSSR count). The fourth-order valence-corrected chi connectivity index (χ4v) is 5.25. The minimum atomic E-state index is -1.12. The first-order valence-corrected chi connectivity index (χ1v) is 14.1. The van der Waals surface area contributed by atoms with Crippen LogP contribution >= 0.6 is 0 Å². The molecule has 42 heavy (non-hydrogen) atoms. The van der Waals surface area contributed by atoms with E-state index in [1.165, 1.54) is 42.1 Å². The summed E-state index contributed by atoms with van der Waals surface area (Å²) in [7, 11) is 0. The Hall–Kier alpha value is -4.69. The summed E-state index contributed by atoms with van der Waals surface area (Å²) in [6.45, 7) is 0.374. The Morgan fingerprint density at radius 3 is 2.24 bits per heavy atom. The summed E-state index contributed by atoms with van der Waals surface area (Å²) in [4.78, 5) is 81.3. The quantitative estimate of drug-likeness (QED) is 0.220. The van der Waals surface area contributed by atoms with E-state index in [2.05, 4.69) is 41.2 Å². The topological polar surface area (TPSA) is 214 Å². The predicted octanol–water partition coefficient (Wildman–Crippen LogP) is -0.338. The van der Waals surface area contributed by atoms with Crippen LogP contribution in [0.2, 0.25) is 0 Å². The molecule has 1 aliphatic heterocycles. The number of amides is 6. The average Bonchev–Trinajstić information content (AvgIpc) is 3.42. The van der Waals surface area contributed by atoms with Gasteiger partial charge in [-0.15, -0.1) is 0 Å². The molecule has 2 fully saturated rings. The first kappa shape index (κ1) is 30.3. The minimum absolute atomic E-state index is 0.0490. The van der Waals surface area contributed by atoms with E-state index in [-0.39, 0.29) is 36.9 Å². The lowest BCUT2D eigenvalue weighted by atomic mass is 9.96. The second kappa shape index (κ2) is 14.8. The summed E-state index contributed by atoms with van der Waals surface area (Å²) in [6.07, 6.45) is 14.0. The third-order valence-corrected chi connectivity index (χ3v) is 7.38. The van der Waals surface area contributed by atoms with Crippen LogP contribution in [0.3, 0.4) is 0 Å². The molecule has 3 heterocycles. The fourth-order valence-electron chi connectivity index (χ4n) is 5.25. The molecule has 224 valence electrons. The number of hydrogen-bond donors (Lipinski definition) is 5. The molecule has 3 unspecified atom stereocenters. The summed E-state index contributed by atoms with van der Waals surface area (Å²) in [5.41, 5.74) is 5.78. The number of primary amides is 1. The van der Waals surface area contributed by atoms with Crippen molar-refractivity contribution in [1.29, 1.82) is 0 Å². The second-order valence-electron chi connectivity index (χ2n) is 10.3. The van der Waals surface area contributed by atoms with E-state index < -0.39 is 47.8 Å². The molecular formula is C27H36N10O5. The Labute approximate surface area is 242 Å². The van der Waals surface area contributed by atoms with Gasteiger partial charge in [-0.3, -0.25) is 29.1 Å². The number of carbonyl (C=O) groups is 5. The standard InChI is InChI=1S/C27H36N10O5/c28-23(38)19(7-4-9-33-24(39)20-15-29-10-12-31-20)35-25(40)22-18(36-27(42)34-17-5-2-1-3-6-17)8-14-37(22)26(41)21-16-30-11-13-32-21/h10-13,15-19,22H,1-9,14H2,(H2,28,38)(H,33,39)(H,35,40)(H2,34,36,42). The van der Waals surface area contributed by atoms with Gasteiger partial charge in [-0.2, -0.15) is 0 Å². The smallest absolute Gasteiger partial charge is 0.315 e. The van der Waals surface area contributed by atoms with Gasteiger partial charge in [0.15, 0.2) is 0 Å². The van der Waals surface area contributed by atoms with E-state index in [4.69, 9.17) is 5.73 Å². The molecular weight excluding hydrogens is 544 g/mol. The molecule has 2 aliphatic rings. The number of nitrogens with one attached hydrogen (secondary N) is 4. The van der Waals surface area contributed by atoms with Gasteiger partial charge < -0.3 is 31.9 Å². The number of nitrogens with zero attached hydrogens (tertiary/aromatic N) is 5. The molecule has 0 radical (unpaired) electrons. The lowest BCUT2D eigenvalue weighted by Crippen LogP contribution is -2.59. The molecule has 3 atom stereocenters. The zero-order valence-corrected chi connectivity index (χ0v) is 23.2. The molecule has 1 saturated carbocycles. The van der Waals surface area contributed by atoms with Crippen LogP contribution in [0.25, 0.3) is 0 Å². The van der Waals surface area contributed by atoms with Crippen molar-refractivity contribution in [2.45, 2.75) is 75.5 Å². The highest BCUT2D eigenvalue weighted by Gasteiger charge is 2.44. The summed E-state index contributed by atoms with van der Waals surface area (Å²) in [5, 5.41) is 11.2. The van der Waals surface area contributed by atoms with Crippen molar-refractivity contribution < 1.29 is 24.0 Å². The van der Waals surface area contributed by atoms with E-state index in [0.717, 1.165) is 32.1 Å². The zero-order chi connectivity index (χ0) is 29.9. The summed E-state index contributed by atoms with van der Waals surface area (Å²) >= 11 is 0. The highest BCUT2D eigenvalue weighted by molar-refractivity contribution is 5.98. The highest BCUT2D eigenvalue weighted by atomic mass is 16.2. The van der Waals surface area contributed by atoms with Gasteiger partial charge in [0.1, 0.15) is 23.5 Å². The first-order chi connectivity index (χ1) is 20.3. The molecule has 2 aromatic rings. The summed E-state index contributed by atoms with van der Waals surface area (Å²) in [5.74, 6) is -2.36. The lowest BCUT2D eigenvalue weighted by Gasteiger charge is -2.30. The van der Waals surface area contributed by atoms with Gasteiger partial charge >= 0.3 is 6.03 Å². The normalized spacial score (nSPS) is 19.4. The second-order valence-corrected chi connectivity index (χ2v) is 10.3. The molecule has 15 heteroatoms. The van der Waals surface area contributed by atoms with Crippen molar-refractivity contribution in [3.8, 4) is 0 Å². The number of likely N-dealkylation sites (tertiary alicyclic amines) is 1. The van der Waals surface area contributed by atoms with Crippen molar-refractivity contribution in [3.63, 3.8) is 0 Å². The van der Waals surface area contributed by atoms with Crippen molar-refractivity contribution in [1.82, 2.24) is 46.1 Å². The van der Waals surface area contributed by atoms with Gasteiger partial charge in [0.05, 0.1) is 18.4 Å². The van der Waals surface area contributed by atoms with Crippen molar-refractivity contribution in [2.75, 3.05) is 13.1 Å². The summed E-state index contributed by atoms with van der Waals surface area (Å²) < 4.78 is 0. The van der Waals surface area contributed by atoms with E-state index in [1.807, 2.05) is 0 Å². The van der Waals surface area contributed by atoms with Crippen LogP contribution < -0.4 is 27.0 Å². The van der Waals surface area contributed by atoms with Crippen LogP contribution in [0, 0.1) is 0 Å². The number of urea groups is 1. The molecule has 0 spiro atoms. The molecule has 2 aromatic heterocycles. The molecule has 0 bridgehead atoms. The van der Waals surface area contributed by atoms with Crippen LogP contribution in [0.15, 0.2) is 37.2 Å². The summed E-state index contributed by atoms with van der Waals surface area (Å²) in [6, 6.07) is -3.26. The Balaban J connectivity index is 1.40. The Kier molecular flexibility index (Phi) is 10.7. The third kappa shape index (κ3) is 8.17. The van der Waals surface area contributed by atoms with Crippen LogP contribution in [-0.4, -0.2) is 91.8 Å². The number of carbonyl (C=O) groups excluding carboxylic acids is 5. The molecule has 0 aromatic carbocycles. The van der Waals surface area contributed by atoms with Crippen LogP contribution in [0.4, 0.5) is 4.79 Å². The first-order valence-electron chi connectivity index (χ1n) is 14.1. The number of aromatic nitrogens is 4. The number of rotatable bonds is 11. The maximum absolute atomic E-state index is 13.6. The van der Waals surface area contributed by atoms with Gasteiger partial charge in [-0.1, -0.05) is 19.3 Å². The van der Waals surface area contributed by atoms with Crippen molar-refractivity contribution in [3.05, 3.63) is 48.6 Å². The maximum atomic E-state index is 13.6. The molecule has 15 nitrogen and oxygen atoms in total. The SMILES string of the molecule is NC(=O)C(CCCNC(=O)c1cnccn1)NC(=O)C1C(NC(=O)NC2CCCCC2)CCN1C(=O)c1cnccn1. The maximum Gasteiger partial charge on any atom is 0.315 e. The fraction of sp³-hybridized carbons (Fsp3) is 0.519. The van der Waals surface area contributed by atoms with Gasteiger partial charge in [0.25, 0.3) is 11.8 Å². The Morgan fingerprint density at radius 1 is 0.905 bits per heavy atom. The van der Waals surface area contributed by atoms with E-state index in [1.54, 1.807) is 0 Å². The van der Waals surface area contributed by atoms with E-state index in [9.17, 15) is 24.0 Å². The number of hydrogen-bond acceptors (Lipinski definition) is 9. The van der Waals surface area contributed by atoms with Crippen LogP contribution in [0.1, 0.15) is 72.3 Å². The third-order valence-electron chi connectivity index (χ3n) is 7.38. The van der Waals surface area contributed by atoms with E-state index in [0.29, 0.717) is 12.8 Å². The molecule has 6 N–H and O–H groups in total. The van der Waals surface area contributed by atoms with Gasteiger partial charge in [-0.25, -0.2) is 14.8 Å². The monoisotopic (exact) mass is 580 g/mol. The zero-order valence-electron chi connectivity index (χ0n) is 23.2. The van der Waals surface area contributed by atoms with Gasteiger partial charge in [-0.05, 0) is 32.1 Å². The largest absolute Gasteiger partial charge is 0.368 e. The Morgan fingerprint density at radius 2 is 1.60 bits per heavy atom. The van der Waals surface area contributed by atoms with Gasteiger partial charge in [0, 0.05) is 43.9 Å². The number of nitrogens with two attached hydrogens (primary N) is 1. The highest BCUT2D eigenvalue weighted by Crippen LogP contribution is 2.22. The lowest BCUT2D eigenvalue weighted by molar-refractivity contribution is -0.130. The van der Waals surface area contributed by atoms with Crippen LogP contribution in [0.5, 0.6) is 0 Å². The van der Waals surface area contributed by atoms with Crippen molar-refractivity contribution in [2.24, 2.45) is 5.73 Å². The molecule has 6 amide bonds. The average molecular weight is 581 g/mol. The van der Waals surface area contributed by atoms with Gasteiger partial charge in [0.2, 0.25) is 11.8 Å². The Bertz CT molecular complexity index is 1240.